The zero-order chi connectivity index (χ0) is 10.5. The van der Waals surface area contributed by atoms with E-state index in [0.717, 1.165) is 5.56 Å². The standard InChI is InChI=1S/C12H14O3/c13-8-11-9-14-12(15-11)7-6-10-4-2-1-3-5-10/h1-7,11-13H,8-9H2/b7-6+/t11-,12+/m0/s1. The highest BCUT2D eigenvalue weighted by molar-refractivity contribution is 5.48. The van der Waals surface area contributed by atoms with Crippen molar-refractivity contribution in [3.63, 3.8) is 0 Å². The Hall–Kier alpha value is -1.16. The number of ether oxygens (including phenoxy) is 2. The van der Waals surface area contributed by atoms with Crippen molar-refractivity contribution < 1.29 is 14.6 Å². The van der Waals surface area contributed by atoms with E-state index in [4.69, 9.17) is 14.6 Å². The SMILES string of the molecule is OC[C@H]1CO[C@@H](/C=C/c2ccccc2)O1. The van der Waals surface area contributed by atoms with Gasteiger partial charge in [0.2, 0.25) is 0 Å². The van der Waals surface area contributed by atoms with Crippen LogP contribution in [0.5, 0.6) is 0 Å². The molecule has 3 nitrogen and oxygen atoms in total. The van der Waals surface area contributed by atoms with Gasteiger partial charge in [-0.2, -0.15) is 0 Å². The molecule has 1 aromatic rings. The number of aliphatic hydroxyl groups is 1. The zero-order valence-corrected chi connectivity index (χ0v) is 8.37. The Balaban J connectivity index is 1.90. The molecule has 1 aromatic carbocycles. The Morgan fingerprint density at radius 3 is 2.80 bits per heavy atom. The lowest BCUT2D eigenvalue weighted by molar-refractivity contribution is -0.0293. The minimum Gasteiger partial charge on any atom is -0.394 e. The summed E-state index contributed by atoms with van der Waals surface area (Å²) in [6.07, 6.45) is 3.29. The minimum atomic E-state index is -0.331. The third kappa shape index (κ3) is 2.89. The predicted molar refractivity (Wildman–Crippen MR) is 57.2 cm³/mol. The molecule has 1 saturated heterocycles. The molecular weight excluding hydrogens is 192 g/mol. The minimum absolute atomic E-state index is 0.00960. The molecule has 0 saturated carbocycles. The number of rotatable bonds is 3. The molecule has 2 rings (SSSR count). The first-order valence-corrected chi connectivity index (χ1v) is 4.99. The molecule has 0 radical (unpaired) electrons. The van der Waals surface area contributed by atoms with Crippen molar-refractivity contribution in [3.8, 4) is 0 Å². The van der Waals surface area contributed by atoms with Crippen molar-refractivity contribution in [1.29, 1.82) is 0 Å². The topological polar surface area (TPSA) is 38.7 Å². The predicted octanol–water partition coefficient (Wildman–Crippen LogP) is 1.43. The largest absolute Gasteiger partial charge is 0.394 e. The molecule has 0 aliphatic carbocycles. The Kier molecular flexibility index (Phi) is 3.50. The van der Waals surface area contributed by atoms with Gasteiger partial charge in [0.1, 0.15) is 6.10 Å². The third-order valence-electron chi connectivity index (χ3n) is 2.22. The van der Waals surface area contributed by atoms with Crippen LogP contribution < -0.4 is 0 Å². The number of hydrogen-bond acceptors (Lipinski definition) is 3. The summed E-state index contributed by atoms with van der Waals surface area (Å²) in [4.78, 5) is 0. The van der Waals surface area contributed by atoms with E-state index < -0.39 is 0 Å². The van der Waals surface area contributed by atoms with Crippen LogP contribution >= 0.6 is 0 Å². The summed E-state index contributed by atoms with van der Waals surface area (Å²) >= 11 is 0. The van der Waals surface area contributed by atoms with Gasteiger partial charge in [0.05, 0.1) is 13.2 Å². The molecule has 1 aliphatic heterocycles. The molecule has 0 unspecified atom stereocenters. The normalized spacial score (nSPS) is 26.2. The molecule has 1 aliphatic rings. The number of aliphatic hydroxyl groups excluding tert-OH is 1. The maximum absolute atomic E-state index is 8.84. The van der Waals surface area contributed by atoms with Gasteiger partial charge in [0.15, 0.2) is 6.29 Å². The van der Waals surface area contributed by atoms with Gasteiger partial charge in [-0.15, -0.1) is 0 Å². The summed E-state index contributed by atoms with van der Waals surface area (Å²) in [5.41, 5.74) is 1.11. The second kappa shape index (κ2) is 5.07. The lowest BCUT2D eigenvalue weighted by Crippen LogP contribution is -2.15. The van der Waals surface area contributed by atoms with Gasteiger partial charge in [-0.3, -0.25) is 0 Å². The average Bonchev–Trinajstić information content (AvgIpc) is 2.76. The average molecular weight is 206 g/mol. The van der Waals surface area contributed by atoms with Gasteiger partial charge >= 0.3 is 0 Å². The maximum Gasteiger partial charge on any atom is 0.177 e. The van der Waals surface area contributed by atoms with Crippen LogP contribution in [-0.2, 0) is 9.47 Å². The molecule has 0 bridgehead atoms. The monoisotopic (exact) mass is 206 g/mol. The van der Waals surface area contributed by atoms with Crippen LogP contribution in [0.25, 0.3) is 6.08 Å². The van der Waals surface area contributed by atoms with Crippen molar-refractivity contribution >= 4 is 6.08 Å². The maximum atomic E-state index is 8.84. The van der Waals surface area contributed by atoms with Crippen LogP contribution in [0.4, 0.5) is 0 Å². The fraction of sp³-hybridized carbons (Fsp3) is 0.333. The Bertz CT molecular complexity index is 321. The molecular formula is C12H14O3. The molecule has 1 fully saturated rings. The van der Waals surface area contributed by atoms with E-state index >= 15 is 0 Å². The van der Waals surface area contributed by atoms with E-state index in [2.05, 4.69) is 0 Å². The molecule has 15 heavy (non-hydrogen) atoms. The van der Waals surface area contributed by atoms with Crippen LogP contribution in [0.2, 0.25) is 0 Å². The van der Waals surface area contributed by atoms with Crippen LogP contribution in [0.3, 0.4) is 0 Å². The van der Waals surface area contributed by atoms with Crippen LogP contribution in [0, 0.1) is 0 Å². The van der Waals surface area contributed by atoms with Gasteiger partial charge in [0, 0.05) is 0 Å². The first-order valence-electron chi connectivity index (χ1n) is 4.99. The van der Waals surface area contributed by atoms with Crippen molar-refractivity contribution in [2.24, 2.45) is 0 Å². The van der Waals surface area contributed by atoms with Gasteiger partial charge in [0.25, 0.3) is 0 Å². The van der Waals surface area contributed by atoms with Crippen LogP contribution in [-0.4, -0.2) is 30.7 Å². The van der Waals surface area contributed by atoms with Crippen LogP contribution in [0.15, 0.2) is 36.4 Å². The van der Waals surface area contributed by atoms with Crippen molar-refractivity contribution in [2.45, 2.75) is 12.4 Å². The van der Waals surface area contributed by atoms with E-state index in [0.29, 0.717) is 6.61 Å². The van der Waals surface area contributed by atoms with Crippen LogP contribution in [0.1, 0.15) is 5.56 Å². The quantitative estimate of drug-likeness (QED) is 0.813. The highest BCUT2D eigenvalue weighted by Gasteiger charge is 2.22. The molecule has 0 spiro atoms. The summed E-state index contributed by atoms with van der Waals surface area (Å²) in [6, 6.07) is 9.95. The molecule has 0 aromatic heterocycles. The van der Waals surface area contributed by atoms with Crippen molar-refractivity contribution in [2.75, 3.05) is 13.2 Å². The fourth-order valence-corrected chi connectivity index (χ4v) is 1.42. The Morgan fingerprint density at radius 1 is 1.33 bits per heavy atom. The summed E-state index contributed by atoms with van der Waals surface area (Å²) in [6.45, 7) is 0.468. The van der Waals surface area contributed by atoms with Gasteiger partial charge in [-0.05, 0) is 11.6 Å². The number of hydrogen-bond donors (Lipinski definition) is 1. The van der Waals surface area contributed by atoms with Crippen molar-refractivity contribution in [1.82, 2.24) is 0 Å². The highest BCUT2D eigenvalue weighted by atomic mass is 16.7. The number of benzene rings is 1. The fourth-order valence-electron chi connectivity index (χ4n) is 1.42. The zero-order valence-electron chi connectivity index (χ0n) is 8.37. The van der Waals surface area contributed by atoms with Crippen molar-refractivity contribution in [3.05, 3.63) is 42.0 Å². The first-order chi connectivity index (χ1) is 7.38. The third-order valence-corrected chi connectivity index (χ3v) is 2.22. The molecule has 1 N–H and O–H groups in total. The molecule has 2 atom stereocenters. The second-order valence-electron chi connectivity index (χ2n) is 3.41. The van der Waals surface area contributed by atoms with E-state index in [1.807, 2.05) is 42.5 Å². The van der Waals surface area contributed by atoms with E-state index in [9.17, 15) is 0 Å². The second-order valence-corrected chi connectivity index (χ2v) is 3.41. The van der Waals surface area contributed by atoms with Gasteiger partial charge < -0.3 is 14.6 Å². The summed E-state index contributed by atoms with van der Waals surface area (Å²) in [5, 5.41) is 8.84. The van der Waals surface area contributed by atoms with E-state index in [1.54, 1.807) is 0 Å². The first kappa shape index (κ1) is 10.4. The molecule has 80 valence electrons. The molecule has 1 heterocycles. The molecule has 3 heteroatoms. The summed E-state index contributed by atoms with van der Waals surface area (Å²) < 4.78 is 10.7. The van der Waals surface area contributed by atoms with Gasteiger partial charge in [-0.25, -0.2) is 0 Å². The van der Waals surface area contributed by atoms with Gasteiger partial charge in [-0.1, -0.05) is 36.4 Å². The van der Waals surface area contributed by atoms with E-state index in [-0.39, 0.29) is 19.0 Å². The summed E-state index contributed by atoms with van der Waals surface area (Å²) in [5.74, 6) is 0. The Morgan fingerprint density at radius 2 is 2.13 bits per heavy atom. The van der Waals surface area contributed by atoms with E-state index in [1.165, 1.54) is 0 Å². The molecule has 0 amide bonds. The lowest BCUT2D eigenvalue weighted by atomic mass is 10.2. The smallest absolute Gasteiger partial charge is 0.177 e. The Labute approximate surface area is 88.9 Å². The lowest BCUT2D eigenvalue weighted by Gasteiger charge is -2.04. The highest BCUT2D eigenvalue weighted by Crippen LogP contribution is 2.13. The summed E-state index contributed by atoms with van der Waals surface area (Å²) in [7, 11) is 0.